The van der Waals surface area contributed by atoms with Crippen LogP contribution in [0.4, 0.5) is 0 Å². The van der Waals surface area contributed by atoms with Gasteiger partial charge in [0.1, 0.15) is 0 Å². The summed E-state index contributed by atoms with van der Waals surface area (Å²) >= 11 is 0. The van der Waals surface area contributed by atoms with Gasteiger partial charge in [0, 0.05) is 26.2 Å². The lowest BCUT2D eigenvalue weighted by molar-refractivity contribution is 0.534. The van der Waals surface area contributed by atoms with E-state index < -0.39 is 0 Å². The molecular weight excluding hydrogens is 133 g/mol. The van der Waals surface area contributed by atoms with E-state index in [2.05, 4.69) is 25.3 Å². The van der Waals surface area contributed by atoms with Crippen molar-refractivity contribution in [1.82, 2.24) is 10.6 Å². The fourth-order valence-corrected chi connectivity index (χ4v) is 0.957. The molecule has 1 aliphatic rings. The largest absolute Gasteiger partial charge is 0.314 e. The highest BCUT2D eigenvalue weighted by molar-refractivity contribution is 7.23. The molecular formula is C6H19B3N2. The molecule has 0 saturated carbocycles. The normalized spacial score (nSPS) is 16.1. The quantitative estimate of drug-likeness (QED) is 0.444. The van der Waals surface area contributed by atoms with Crippen molar-refractivity contribution in [1.29, 1.82) is 0 Å². The Morgan fingerprint density at radius 3 is 1.73 bits per heavy atom. The summed E-state index contributed by atoms with van der Waals surface area (Å²) in [5, 5.41) is 6.44. The molecule has 0 aromatic rings. The Kier molecular flexibility index (Phi) is 10.2. The highest BCUT2D eigenvalue weighted by atomic mass is 15.0. The van der Waals surface area contributed by atoms with Crippen LogP contribution in [0.1, 0.15) is 6.92 Å². The van der Waals surface area contributed by atoms with Gasteiger partial charge < -0.3 is 10.6 Å². The van der Waals surface area contributed by atoms with Crippen molar-refractivity contribution >= 4 is 22.0 Å². The Morgan fingerprint density at radius 2 is 1.64 bits per heavy atom. The van der Waals surface area contributed by atoms with Crippen molar-refractivity contribution in [3.63, 3.8) is 0 Å². The van der Waals surface area contributed by atoms with Crippen LogP contribution in [0.15, 0.2) is 0 Å². The number of nitrogens with one attached hydrogen (secondary N) is 2. The van der Waals surface area contributed by atoms with Gasteiger partial charge in [0.05, 0.1) is 22.0 Å². The Morgan fingerprint density at radius 1 is 1.18 bits per heavy atom. The van der Waals surface area contributed by atoms with E-state index in [0.29, 0.717) is 0 Å². The summed E-state index contributed by atoms with van der Waals surface area (Å²) in [5.41, 5.74) is 0. The van der Waals surface area contributed by atoms with Gasteiger partial charge in [-0.3, -0.25) is 0 Å². The molecule has 1 heterocycles. The number of rotatable bonds is 2. The van der Waals surface area contributed by atoms with Crippen LogP contribution in [0.25, 0.3) is 0 Å². The van der Waals surface area contributed by atoms with Crippen molar-refractivity contribution in [3.05, 3.63) is 0 Å². The maximum atomic E-state index is 3.22. The molecule has 0 aliphatic carbocycles. The second kappa shape index (κ2) is 10.1. The van der Waals surface area contributed by atoms with Crippen LogP contribution in [0.3, 0.4) is 0 Å². The lowest BCUT2D eigenvalue weighted by Gasteiger charge is -2.11. The first-order valence-corrected chi connectivity index (χ1v) is 4.83. The summed E-state index contributed by atoms with van der Waals surface area (Å²) in [6, 6.07) is 0. The Balaban J connectivity index is 0.000000187. The zero-order valence-electron chi connectivity index (χ0n) is 7.95. The van der Waals surface area contributed by atoms with Crippen molar-refractivity contribution < 1.29 is 0 Å². The Labute approximate surface area is 72.8 Å². The molecule has 0 aromatic heterocycles. The molecule has 1 saturated heterocycles. The molecule has 1 aliphatic heterocycles. The average molecular weight is 152 g/mol. The third-order valence-electron chi connectivity index (χ3n) is 1.66. The van der Waals surface area contributed by atoms with Crippen molar-refractivity contribution in [2.45, 2.75) is 13.2 Å². The van der Waals surface area contributed by atoms with Crippen LogP contribution in [0.2, 0.25) is 6.32 Å². The molecule has 2 nitrogen and oxygen atoms in total. The fourth-order valence-electron chi connectivity index (χ4n) is 0.957. The van der Waals surface area contributed by atoms with Crippen LogP contribution in [-0.2, 0) is 0 Å². The van der Waals surface area contributed by atoms with Crippen LogP contribution >= 0.6 is 0 Å². The first-order chi connectivity index (χ1) is 5.41. The van der Waals surface area contributed by atoms with E-state index in [9.17, 15) is 0 Å². The smallest absolute Gasteiger partial charge is 0.0776 e. The molecule has 11 heavy (non-hydrogen) atoms. The van der Waals surface area contributed by atoms with E-state index in [0.717, 1.165) is 26.2 Å². The Hall–Kier alpha value is 0.115. The average Bonchev–Trinajstić information content (AvgIpc) is 2.10. The second-order valence-corrected chi connectivity index (χ2v) is 2.85. The molecule has 0 bridgehead atoms. The zero-order chi connectivity index (χ0) is 8.36. The van der Waals surface area contributed by atoms with Crippen LogP contribution in [0, 0.1) is 0 Å². The molecule has 1 fully saturated rings. The van der Waals surface area contributed by atoms with Gasteiger partial charge in [0.15, 0.2) is 0 Å². The third-order valence-corrected chi connectivity index (χ3v) is 1.66. The van der Waals surface area contributed by atoms with Gasteiger partial charge in [-0.2, -0.15) is 0 Å². The molecule has 0 amide bonds. The maximum Gasteiger partial charge on any atom is 0.0776 e. The maximum absolute atomic E-state index is 3.22. The monoisotopic (exact) mass is 152 g/mol. The first kappa shape index (κ1) is 11.1. The van der Waals surface area contributed by atoms with Gasteiger partial charge in [-0.25, -0.2) is 0 Å². The fraction of sp³-hybridized carbons (Fsp3) is 1.00. The summed E-state index contributed by atoms with van der Waals surface area (Å²) in [5.74, 6) is 0. The van der Waals surface area contributed by atoms with Gasteiger partial charge in [-0.1, -0.05) is 13.2 Å². The van der Waals surface area contributed by atoms with Crippen molar-refractivity contribution in [2.75, 3.05) is 26.2 Å². The van der Waals surface area contributed by atoms with E-state index in [-0.39, 0.29) is 0 Å². The third kappa shape index (κ3) is 10.1. The van der Waals surface area contributed by atoms with Gasteiger partial charge >= 0.3 is 0 Å². The molecule has 0 aromatic carbocycles. The highest BCUT2D eigenvalue weighted by Crippen LogP contribution is 1.65. The SMILES string of the molecule is BBBCC.C1CNCCN1. The van der Waals surface area contributed by atoms with E-state index >= 15 is 0 Å². The molecule has 0 atom stereocenters. The summed E-state index contributed by atoms with van der Waals surface area (Å²) < 4.78 is 0. The molecule has 1 rings (SSSR count). The van der Waals surface area contributed by atoms with Gasteiger partial charge in [-0.05, 0) is 0 Å². The van der Waals surface area contributed by atoms with Crippen LogP contribution in [0.5, 0.6) is 0 Å². The number of hydrogen-bond donors (Lipinski definition) is 2. The molecule has 5 heteroatoms. The van der Waals surface area contributed by atoms with Crippen LogP contribution < -0.4 is 10.6 Å². The molecule has 0 unspecified atom stereocenters. The van der Waals surface area contributed by atoms with Gasteiger partial charge in [-0.15, -0.1) is 0 Å². The zero-order valence-corrected chi connectivity index (χ0v) is 7.95. The summed E-state index contributed by atoms with van der Waals surface area (Å²) in [7, 11) is 4.94. The van der Waals surface area contributed by atoms with E-state index in [1.54, 1.807) is 0 Å². The standard InChI is InChI=1S/C4H10N2.C2H9B3/c1-2-6-4-3-5-1;1-2-4-5-3/h5-6H,1-4H2;4-5H,2-3H2,1H3. The topological polar surface area (TPSA) is 24.1 Å². The number of hydrogen-bond acceptors (Lipinski definition) is 2. The summed E-state index contributed by atoms with van der Waals surface area (Å²) in [6.07, 6.45) is 1.34. The lowest BCUT2D eigenvalue weighted by Crippen LogP contribution is -2.39. The minimum Gasteiger partial charge on any atom is -0.314 e. The van der Waals surface area contributed by atoms with E-state index in [4.69, 9.17) is 0 Å². The predicted molar refractivity (Wildman–Crippen MR) is 59.1 cm³/mol. The molecule has 2 N–H and O–H groups in total. The molecule has 0 spiro atoms. The van der Waals surface area contributed by atoms with Crippen LogP contribution in [-0.4, -0.2) is 48.1 Å². The molecule has 0 radical (unpaired) electrons. The Bertz CT molecular complexity index is 55.3. The lowest BCUT2D eigenvalue weighted by atomic mass is 9.27. The first-order valence-electron chi connectivity index (χ1n) is 4.83. The van der Waals surface area contributed by atoms with E-state index in [1.807, 2.05) is 0 Å². The van der Waals surface area contributed by atoms with E-state index in [1.165, 1.54) is 20.6 Å². The minimum atomic E-state index is 1.14. The van der Waals surface area contributed by atoms with Gasteiger partial charge in [0.2, 0.25) is 0 Å². The minimum absolute atomic E-state index is 1.14. The highest BCUT2D eigenvalue weighted by Gasteiger charge is 1.91. The predicted octanol–water partition coefficient (Wildman–Crippen LogP) is -2.06. The second-order valence-electron chi connectivity index (χ2n) is 2.85. The summed E-state index contributed by atoms with van der Waals surface area (Å²) in [4.78, 5) is 0. The molecule has 62 valence electrons. The number of piperazine rings is 1. The summed E-state index contributed by atoms with van der Waals surface area (Å²) in [6.45, 7) is 6.77. The van der Waals surface area contributed by atoms with Crippen molar-refractivity contribution in [3.8, 4) is 0 Å². The van der Waals surface area contributed by atoms with Crippen molar-refractivity contribution in [2.24, 2.45) is 0 Å². The van der Waals surface area contributed by atoms with Gasteiger partial charge in [0.25, 0.3) is 0 Å².